The Morgan fingerprint density at radius 3 is 2.08 bits per heavy atom. The molecule has 2 aromatic rings. The fraction of sp³-hybridized carbons (Fsp3) is 0.500. The van der Waals surface area contributed by atoms with Crippen LogP contribution in [0.2, 0.25) is 0 Å². The van der Waals surface area contributed by atoms with Crippen LogP contribution in [0.3, 0.4) is 0 Å². The van der Waals surface area contributed by atoms with E-state index < -0.39 is 5.54 Å². The molecular weight excluding hydrogens is 500 g/mol. The molecule has 0 unspecified atom stereocenters. The number of carbonyl (C=O) groups excluding carboxylic acids is 2. The van der Waals surface area contributed by atoms with Crippen molar-refractivity contribution in [2.45, 2.75) is 32.4 Å². The van der Waals surface area contributed by atoms with Crippen molar-refractivity contribution < 1.29 is 9.59 Å². The number of hydrogen-bond acceptors (Lipinski definition) is 8. The summed E-state index contributed by atoms with van der Waals surface area (Å²) in [7, 11) is 0. The molecule has 4 rings (SSSR count). The van der Waals surface area contributed by atoms with E-state index in [-0.39, 0.29) is 24.0 Å². The van der Waals surface area contributed by atoms with Crippen LogP contribution < -0.4 is 27.8 Å². The second kappa shape index (κ2) is 13.2. The number of piperazine rings is 2. The molecule has 0 atom stereocenters. The Bertz CT molecular complexity index is 1180. The summed E-state index contributed by atoms with van der Waals surface area (Å²) in [6.45, 7) is 10.2. The average molecular weight is 541 g/mol. The van der Waals surface area contributed by atoms with Crippen molar-refractivity contribution in [1.29, 1.82) is 5.41 Å². The summed E-state index contributed by atoms with van der Waals surface area (Å²) in [5, 5.41) is 7.55. The number of rotatable bonds is 6. The number of nitrogens with one attached hydrogen (secondary N) is 1. The molecule has 212 valence electrons. The van der Waals surface area contributed by atoms with E-state index in [4.69, 9.17) is 21.7 Å². The second-order valence-electron chi connectivity index (χ2n) is 10.4. The lowest BCUT2D eigenvalue weighted by atomic mass is 10.0. The lowest BCUT2D eigenvalue weighted by Crippen LogP contribution is -2.51. The van der Waals surface area contributed by atoms with Gasteiger partial charge in [-0.15, -0.1) is 0 Å². The minimum absolute atomic E-state index is 0.0623. The van der Waals surface area contributed by atoms with E-state index >= 15 is 0 Å². The largest absolute Gasteiger partial charge is 0.372 e. The molecule has 13 nitrogen and oxygen atoms in total. The van der Waals surface area contributed by atoms with Crippen molar-refractivity contribution in [2.24, 2.45) is 17.2 Å². The van der Waals surface area contributed by atoms with E-state index in [9.17, 15) is 9.59 Å². The first-order chi connectivity index (χ1) is 18.5. The normalized spacial score (nSPS) is 16.3. The molecule has 0 aliphatic carbocycles. The topological polar surface area (TPSA) is 184 Å². The zero-order valence-electron chi connectivity index (χ0n) is 22.8. The molecule has 1 aromatic heterocycles. The van der Waals surface area contributed by atoms with Gasteiger partial charge in [0.15, 0.2) is 5.96 Å². The number of benzene rings is 1. The molecule has 0 radical (unpaired) electrons. The number of aromatic nitrogens is 2. The van der Waals surface area contributed by atoms with E-state index in [1.54, 1.807) is 10.8 Å². The Morgan fingerprint density at radius 1 is 1.00 bits per heavy atom. The fourth-order valence-corrected chi connectivity index (χ4v) is 4.62. The smallest absolute Gasteiger partial charge is 0.354 e. The van der Waals surface area contributed by atoms with Crippen molar-refractivity contribution in [3.8, 4) is 5.69 Å². The van der Waals surface area contributed by atoms with Crippen LogP contribution in [-0.4, -0.2) is 100 Å². The highest BCUT2D eigenvalue weighted by Crippen LogP contribution is 2.16. The summed E-state index contributed by atoms with van der Waals surface area (Å²) in [5.41, 5.74) is 16.8. The zero-order chi connectivity index (χ0) is 28.6. The van der Waals surface area contributed by atoms with Crippen LogP contribution in [-0.2, 0) is 16.1 Å². The number of guanidine groups is 1. The molecule has 3 heterocycles. The highest BCUT2D eigenvalue weighted by Gasteiger charge is 2.26. The van der Waals surface area contributed by atoms with Gasteiger partial charge in [-0.1, -0.05) is 12.1 Å². The van der Waals surface area contributed by atoms with Crippen LogP contribution in [0.4, 0.5) is 5.82 Å². The highest BCUT2D eigenvalue weighted by atomic mass is 16.2. The molecule has 7 N–H and O–H groups in total. The molecule has 2 aliphatic rings. The van der Waals surface area contributed by atoms with Crippen LogP contribution in [0.5, 0.6) is 0 Å². The predicted octanol–water partition coefficient (Wildman–Crippen LogP) is -0.879. The lowest BCUT2D eigenvalue weighted by Gasteiger charge is -2.36. The first-order valence-corrected chi connectivity index (χ1v) is 13.0. The van der Waals surface area contributed by atoms with Crippen LogP contribution in [0, 0.1) is 5.41 Å². The van der Waals surface area contributed by atoms with Gasteiger partial charge in [-0.25, -0.2) is 4.79 Å². The predicted molar refractivity (Wildman–Crippen MR) is 151 cm³/mol. The Balaban J connectivity index is 0.00000134. The van der Waals surface area contributed by atoms with Crippen LogP contribution in [0.25, 0.3) is 5.69 Å². The Labute approximate surface area is 228 Å². The quantitative estimate of drug-likeness (QED) is 0.205. The monoisotopic (exact) mass is 540 g/mol. The van der Waals surface area contributed by atoms with Gasteiger partial charge in [-0.2, -0.15) is 4.98 Å². The molecule has 0 spiro atoms. The van der Waals surface area contributed by atoms with E-state index in [1.165, 1.54) is 0 Å². The number of primary amides is 1. The second-order valence-corrected chi connectivity index (χ2v) is 10.4. The number of carbonyl (C=O) groups is 2. The number of amides is 2. The van der Waals surface area contributed by atoms with E-state index in [0.29, 0.717) is 38.4 Å². The van der Waals surface area contributed by atoms with Gasteiger partial charge in [0.1, 0.15) is 5.82 Å². The number of nitrogens with zero attached hydrogens (tertiary/aromatic N) is 6. The third-order valence-electron chi connectivity index (χ3n) is 6.69. The van der Waals surface area contributed by atoms with Crippen molar-refractivity contribution in [3.05, 3.63) is 52.6 Å². The van der Waals surface area contributed by atoms with Crippen molar-refractivity contribution in [1.82, 2.24) is 24.3 Å². The molecule has 2 fully saturated rings. The van der Waals surface area contributed by atoms with Gasteiger partial charge in [-0.05, 0) is 37.6 Å². The third-order valence-corrected chi connectivity index (χ3v) is 6.69. The van der Waals surface area contributed by atoms with Crippen molar-refractivity contribution >= 4 is 24.1 Å². The number of hydrogen-bond donors (Lipinski definition) is 4. The van der Waals surface area contributed by atoms with Gasteiger partial charge in [0.05, 0.1) is 5.69 Å². The van der Waals surface area contributed by atoms with Crippen LogP contribution in [0.15, 0.2) is 41.3 Å². The highest BCUT2D eigenvalue weighted by molar-refractivity contribution is 5.77. The molecule has 2 amide bonds. The van der Waals surface area contributed by atoms with Gasteiger partial charge >= 0.3 is 5.69 Å². The van der Waals surface area contributed by atoms with E-state index in [0.717, 1.165) is 44.0 Å². The van der Waals surface area contributed by atoms with Gasteiger partial charge in [-0.3, -0.25) is 24.5 Å². The van der Waals surface area contributed by atoms with Gasteiger partial charge in [0, 0.05) is 77.1 Å². The number of anilines is 1. The first kappa shape index (κ1) is 29.6. The maximum atomic E-state index is 12.8. The molecule has 0 saturated carbocycles. The minimum Gasteiger partial charge on any atom is -0.372 e. The SMILES string of the molecule is CC(C)(N)CC(=O)N1CCN(c2ccn(-c3ccc(CN4CCN(C(=N)N)CC4)cc3)c(=O)n2)CC1.NC=O. The lowest BCUT2D eigenvalue weighted by molar-refractivity contribution is -0.132. The summed E-state index contributed by atoms with van der Waals surface area (Å²) >= 11 is 0. The van der Waals surface area contributed by atoms with Gasteiger partial charge in [0.25, 0.3) is 0 Å². The molecule has 39 heavy (non-hydrogen) atoms. The zero-order valence-corrected chi connectivity index (χ0v) is 22.8. The van der Waals surface area contributed by atoms with Crippen molar-refractivity contribution in [2.75, 3.05) is 57.3 Å². The molecule has 0 bridgehead atoms. The summed E-state index contributed by atoms with van der Waals surface area (Å²) in [6, 6.07) is 9.79. The molecule has 2 saturated heterocycles. The standard InChI is InChI=1S/C25H37N9O2.CH3NO/c1-25(2,28)17-22(35)32-15-13-31(14-16-32)21-7-8-34(24(36)29-21)20-5-3-19(4-6-20)18-30-9-11-33(12-10-30)23(26)27;2-1-3/h3-8H,9-18,28H2,1-2H3,(H3,26,27);1H,(H2,2,3). The van der Waals surface area contributed by atoms with Crippen molar-refractivity contribution in [3.63, 3.8) is 0 Å². The molecule has 13 heteroatoms. The third kappa shape index (κ3) is 8.52. The minimum atomic E-state index is -0.524. The molecule has 2 aliphatic heterocycles. The Morgan fingerprint density at radius 2 is 1.56 bits per heavy atom. The van der Waals surface area contributed by atoms with Crippen LogP contribution >= 0.6 is 0 Å². The molecular formula is C26H40N10O3. The van der Waals surface area contributed by atoms with E-state index in [2.05, 4.69) is 15.6 Å². The summed E-state index contributed by atoms with van der Waals surface area (Å²) in [6.07, 6.45) is 2.33. The maximum absolute atomic E-state index is 12.8. The molecule has 1 aromatic carbocycles. The fourth-order valence-electron chi connectivity index (χ4n) is 4.62. The summed E-state index contributed by atoms with van der Waals surface area (Å²) in [5.74, 6) is 0.823. The summed E-state index contributed by atoms with van der Waals surface area (Å²) in [4.78, 5) is 46.2. The Kier molecular flexibility index (Phi) is 10.0. The average Bonchev–Trinajstić information content (AvgIpc) is 2.89. The van der Waals surface area contributed by atoms with Gasteiger partial charge < -0.3 is 31.9 Å². The first-order valence-electron chi connectivity index (χ1n) is 13.0. The Hall–Kier alpha value is -3.97. The summed E-state index contributed by atoms with van der Waals surface area (Å²) < 4.78 is 1.54. The van der Waals surface area contributed by atoms with Crippen LogP contribution in [0.1, 0.15) is 25.8 Å². The maximum Gasteiger partial charge on any atom is 0.354 e. The van der Waals surface area contributed by atoms with E-state index in [1.807, 2.05) is 58.9 Å². The number of nitrogens with two attached hydrogens (primary N) is 3. The van der Waals surface area contributed by atoms with Gasteiger partial charge in [0.2, 0.25) is 12.3 Å².